The van der Waals surface area contributed by atoms with E-state index in [1.54, 1.807) is 31.2 Å². The number of alkyl halides is 3. The molecule has 1 atom stereocenters. The van der Waals surface area contributed by atoms with Crippen LogP contribution in [0.2, 0.25) is 0 Å². The van der Waals surface area contributed by atoms with E-state index in [9.17, 15) is 22.8 Å². The van der Waals surface area contributed by atoms with E-state index in [0.717, 1.165) is 6.07 Å². The molecule has 0 fully saturated rings. The minimum Gasteiger partial charge on any atom is -0.497 e. The smallest absolute Gasteiger partial charge is 0.418 e. The number of nitrogens with zero attached hydrogens (tertiary/aromatic N) is 1. The summed E-state index contributed by atoms with van der Waals surface area (Å²) in [6.07, 6.45) is -4.58. The zero-order chi connectivity index (χ0) is 21.6. The van der Waals surface area contributed by atoms with Gasteiger partial charge >= 0.3 is 6.18 Å². The van der Waals surface area contributed by atoms with Gasteiger partial charge in [-0.25, -0.2) is 0 Å². The van der Waals surface area contributed by atoms with Crippen molar-refractivity contribution in [2.45, 2.75) is 19.1 Å². The molecule has 2 N–H and O–H groups in total. The van der Waals surface area contributed by atoms with Gasteiger partial charge in [0.05, 0.1) is 30.9 Å². The first-order valence-electron chi connectivity index (χ1n) is 8.73. The van der Waals surface area contributed by atoms with Gasteiger partial charge in [0.2, 0.25) is 11.8 Å². The van der Waals surface area contributed by atoms with E-state index in [1.165, 1.54) is 37.3 Å². The number of halogens is 3. The molecule has 0 aliphatic carbocycles. The molecule has 0 spiro atoms. The number of methoxy groups -OCH3 is 1. The molecule has 6 nitrogen and oxygen atoms in total. The summed E-state index contributed by atoms with van der Waals surface area (Å²) in [5.74, 6) is -0.457. The van der Waals surface area contributed by atoms with E-state index in [0.29, 0.717) is 11.4 Å². The molecular weight excluding hydrogens is 387 g/mol. The summed E-state index contributed by atoms with van der Waals surface area (Å²) in [5, 5.41) is 4.97. The van der Waals surface area contributed by atoms with Gasteiger partial charge in [-0.15, -0.1) is 0 Å². The molecule has 9 heteroatoms. The first-order valence-corrected chi connectivity index (χ1v) is 8.73. The van der Waals surface area contributed by atoms with Crippen LogP contribution in [0.15, 0.2) is 48.5 Å². The number of rotatable bonds is 7. The largest absolute Gasteiger partial charge is 0.497 e. The van der Waals surface area contributed by atoms with Crippen molar-refractivity contribution in [3.8, 4) is 5.75 Å². The molecule has 0 aromatic heterocycles. The quantitative estimate of drug-likeness (QED) is 0.733. The Bertz CT molecular complexity index is 871. The van der Waals surface area contributed by atoms with Gasteiger partial charge in [-0.05, 0) is 38.2 Å². The SMILES string of the molecule is COc1cccc(NC(=O)[C@@H](C)N(C)CC(=O)Nc2ccccc2C(F)(F)F)c1. The fourth-order valence-electron chi connectivity index (χ4n) is 2.54. The summed E-state index contributed by atoms with van der Waals surface area (Å²) >= 11 is 0. The van der Waals surface area contributed by atoms with Crippen LogP contribution in [-0.4, -0.2) is 43.5 Å². The summed E-state index contributed by atoms with van der Waals surface area (Å²) in [5.41, 5.74) is -0.732. The van der Waals surface area contributed by atoms with Crippen LogP contribution in [0.4, 0.5) is 24.5 Å². The molecule has 0 unspecified atom stereocenters. The second-order valence-corrected chi connectivity index (χ2v) is 6.40. The van der Waals surface area contributed by atoms with Gasteiger partial charge in [-0.2, -0.15) is 13.2 Å². The maximum Gasteiger partial charge on any atom is 0.418 e. The fraction of sp³-hybridized carbons (Fsp3) is 0.300. The zero-order valence-corrected chi connectivity index (χ0v) is 16.2. The monoisotopic (exact) mass is 409 g/mol. The average molecular weight is 409 g/mol. The Morgan fingerprint density at radius 3 is 2.45 bits per heavy atom. The standard InChI is InChI=1S/C20H22F3N3O3/c1-13(19(28)24-14-7-6-8-15(11-14)29-3)26(2)12-18(27)25-17-10-5-4-9-16(17)20(21,22)23/h4-11,13H,12H2,1-3H3,(H,24,28)(H,25,27)/t13-/m1/s1. The second kappa shape index (κ2) is 9.42. The molecule has 0 bridgehead atoms. The number of hydrogen-bond donors (Lipinski definition) is 2. The Labute approximate surface area is 166 Å². The number of carbonyl (C=O) groups excluding carboxylic acids is 2. The van der Waals surface area contributed by atoms with Gasteiger partial charge in [-0.3, -0.25) is 14.5 Å². The number of carbonyl (C=O) groups is 2. The third-order valence-electron chi connectivity index (χ3n) is 4.28. The molecule has 156 valence electrons. The van der Waals surface area contributed by atoms with Gasteiger partial charge in [-0.1, -0.05) is 18.2 Å². The lowest BCUT2D eigenvalue weighted by molar-refractivity contribution is -0.137. The lowest BCUT2D eigenvalue weighted by atomic mass is 10.1. The van der Waals surface area contributed by atoms with E-state index in [2.05, 4.69) is 10.6 Å². The Morgan fingerprint density at radius 1 is 1.10 bits per heavy atom. The van der Waals surface area contributed by atoms with E-state index in [1.807, 2.05) is 0 Å². The van der Waals surface area contributed by atoms with Crippen LogP contribution in [0.25, 0.3) is 0 Å². The van der Waals surface area contributed by atoms with Crippen molar-refractivity contribution in [1.29, 1.82) is 0 Å². The highest BCUT2D eigenvalue weighted by Gasteiger charge is 2.33. The fourth-order valence-corrected chi connectivity index (χ4v) is 2.54. The number of ether oxygens (including phenoxy) is 1. The van der Waals surface area contributed by atoms with Crippen LogP contribution in [-0.2, 0) is 15.8 Å². The Hall–Kier alpha value is -3.07. The topological polar surface area (TPSA) is 70.7 Å². The highest BCUT2D eigenvalue weighted by Crippen LogP contribution is 2.34. The van der Waals surface area contributed by atoms with Crippen molar-refractivity contribution >= 4 is 23.2 Å². The molecule has 29 heavy (non-hydrogen) atoms. The average Bonchev–Trinajstić information content (AvgIpc) is 2.66. The minimum absolute atomic E-state index is 0.265. The molecular formula is C20H22F3N3O3. The maximum absolute atomic E-state index is 13.0. The van der Waals surface area contributed by atoms with Gasteiger partial charge in [0.15, 0.2) is 0 Å². The van der Waals surface area contributed by atoms with Crippen molar-refractivity contribution in [3.63, 3.8) is 0 Å². The molecule has 0 radical (unpaired) electrons. The van der Waals surface area contributed by atoms with Gasteiger partial charge in [0, 0.05) is 11.8 Å². The number of hydrogen-bond acceptors (Lipinski definition) is 4. The van der Waals surface area contributed by atoms with E-state index < -0.39 is 23.7 Å². The second-order valence-electron chi connectivity index (χ2n) is 6.40. The van der Waals surface area contributed by atoms with Gasteiger partial charge in [0.25, 0.3) is 0 Å². The summed E-state index contributed by atoms with van der Waals surface area (Å²) in [4.78, 5) is 26.0. The van der Waals surface area contributed by atoms with E-state index >= 15 is 0 Å². The van der Waals surface area contributed by atoms with Crippen molar-refractivity contribution in [1.82, 2.24) is 4.90 Å². The normalized spacial score (nSPS) is 12.4. The summed E-state index contributed by atoms with van der Waals surface area (Å²) < 4.78 is 44.2. The van der Waals surface area contributed by atoms with Crippen molar-refractivity contribution < 1.29 is 27.5 Å². The van der Waals surface area contributed by atoms with Gasteiger partial charge < -0.3 is 15.4 Å². The lowest BCUT2D eigenvalue weighted by Gasteiger charge is -2.23. The van der Waals surface area contributed by atoms with E-state index in [4.69, 9.17) is 4.74 Å². The molecule has 2 rings (SSSR count). The summed E-state index contributed by atoms with van der Waals surface area (Å²) in [7, 11) is 3.04. The molecule has 0 heterocycles. The van der Waals surface area contributed by atoms with Gasteiger partial charge in [0.1, 0.15) is 5.75 Å². The molecule has 2 amide bonds. The predicted octanol–water partition coefficient (Wildman–Crippen LogP) is 3.61. The highest BCUT2D eigenvalue weighted by molar-refractivity contribution is 5.96. The molecule has 0 aliphatic heterocycles. The third-order valence-corrected chi connectivity index (χ3v) is 4.28. The number of nitrogens with one attached hydrogen (secondary N) is 2. The molecule has 2 aromatic carbocycles. The summed E-state index contributed by atoms with van der Waals surface area (Å²) in [6, 6.07) is 10.8. The van der Waals surface area contributed by atoms with Crippen LogP contribution >= 0.6 is 0 Å². The number of anilines is 2. The van der Waals surface area contributed by atoms with Crippen molar-refractivity contribution in [3.05, 3.63) is 54.1 Å². The molecule has 0 saturated carbocycles. The predicted molar refractivity (Wildman–Crippen MR) is 104 cm³/mol. The Kier molecular flexibility index (Phi) is 7.22. The van der Waals surface area contributed by atoms with Crippen LogP contribution in [0.5, 0.6) is 5.75 Å². The maximum atomic E-state index is 13.0. The van der Waals surface area contributed by atoms with Crippen LogP contribution in [0, 0.1) is 0 Å². The number of likely N-dealkylation sites (N-methyl/N-ethyl adjacent to an activating group) is 1. The Balaban J connectivity index is 1.97. The number of benzene rings is 2. The van der Waals surface area contributed by atoms with Crippen molar-refractivity contribution in [2.75, 3.05) is 31.3 Å². The molecule has 0 saturated heterocycles. The van der Waals surface area contributed by atoms with Crippen LogP contribution in [0.1, 0.15) is 12.5 Å². The van der Waals surface area contributed by atoms with Crippen LogP contribution in [0.3, 0.4) is 0 Å². The lowest BCUT2D eigenvalue weighted by Crippen LogP contribution is -2.43. The van der Waals surface area contributed by atoms with Crippen LogP contribution < -0.4 is 15.4 Å². The minimum atomic E-state index is -4.58. The first kappa shape index (κ1) is 22.2. The van der Waals surface area contributed by atoms with E-state index in [-0.39, 0.29) is 18.1 Å². The number of para-hydroxylation sites is 1. The molecule has 0 aliphatic rings. The highest BCUT2D eigenvalue weighted by atomic mass is 19.4. The first-order chi connectivity index (χ1) is 13.6. The zero-order valence-electron chi connectivity index (χ0n) is 16.2. The third kappa shape index (κ3) is 6.21. The van der Waals surface area contributed by atoms with Crippen molar-refractivity contribution in [2.24, 2.45) is 0 Å². The Morgan fingerprint density at radius 2 is 1.79 bits per heavy atom. The number of amides is 2. The molecule has 2 aromatic rings. The summed E-state index contributed by atoms with van der Waals surface area (Å²) in [6.45, 7) is 1.32.